The van der Waals surface area contributed by atoms with Crippen LogP contribution in [0.2, 0.25) is 0 Å². The van der Waals surface area contributed by atoms with E-state index in [4.69, 9.17) is 0 Å². The zero-order chi connectivity index (χ0) is 19.6. The number of rotatable bonds is 5. The van der Waals surface area contributed by atoms with Crippen molar-refractivity contribution in [3.63, 3.8) is 0 Å². The monoisotopic (exact) mass is 385 g/mol. The van der Waals surface area contributed by atoms with E-state index < -0.39 is 17.2 Å². The molecule has 3 rings (SSSR count). The number of amides is 1. The lowest BCUT2D eigenvalue weighted by atomic mass is 10.2. The summed E-state index contributed by atoms with van der Waals surface area (Å²) in [4.78, 5) is 31.0. The maximum Gasteiger partial charge on any atom is 0.281 e. The molecule has 0 bridgehead atoms. The van der Waals surface area contributed by atoms with E-state index >= 15 is 0 Å². The number of aromatic hydroxyl groups is 1. The Morgan fingerprint density at radius 1 is 1.33 bits per heavy atom. The molecule has 0 aliphatic rings. The van der Waals surface area contributed by atoms with Gasteiger partial charge in [-0.05, 0) is 38.7 Å². The second kappa shape index (κ2) is 7.68. The molecule has 0 fully saturated rings. The van der Waals surface area contributed by atoms with Crippen LogP contribution in [-0.4, -0.2) is 44.8 Å². The first kappa shape index (κ1) is 18.7. The van der Waals surface area contributed by atoms with Crippen LogP contribution in [0.1, 0.15) is 21.7 Å². The highest BCUT2D eigenvalue weighted by atomic mass is 32.1. The van der Waals surface area contributed by atoms with Crippen LogP contribution in [0.4, 0.5) is 5.13 Å². The fraction of sp³-hybridized carbons (Fsp3) is 0.222. The number of hydrogen-bond donors (Lipinski definition) is 2. The fourth-order valence-corrected chi connectivity index (χ4v) is 3.17. The van der Waals surface area contributed by atoms with Crippen molar-refractivity contribution >= 4 is 22.4 Å². The summed E-state index contributed by atoms with van der Waals surface area (Å²) in [7, 11) is 3.85. The predicted molar refractivity (Wildman–Crippen MR) is 104 cm³/mol. The molecule has 140 valence electrons. The van der Waals surface area contributed by atoms with Gasteiger partial charge in [0.25, 0.3) is 11.5 Å². The summed E-state index contributed by atoms with van der Waals surface area (Å²) in [5.41, 5.74) is 1.49. The summed E-state index contributed by atoms with van der Waals surface area (Å²) in [5.74, 6) is -1.12. The number of nitrogens with one attached hydrogen (secondary N) is 1. The first-order valence-electron chi connectivity index (χ1n) is 8.14. The summed E-state index contributed by atoms with van der Waals surface area (Å²) in [5, 5.41) is 18.9. The van der Waals surface area contributed by atoms with Crippen molar-refractivity contribution in [3.8, 4) is 11.4 Å². The summed E-state index contributed by atoms with van der Waals surface area (Å²) < 4.78 is 1.08. The van der Waals surface area contributed by atoms with Gasteiger partial charge in [-0.3, -0.25) is 14.9 Å². The van der Waals surface area contributed by atoms with Crippen molar-refractivity contribution in [2.75, 3.05) is 19.4 Å². The van der Waals surface area contributed by atoms with E-state index in [1.165, 1.54) is 11.3 Å². The first-order chi connectivity index (χ1) is 12.8. The Labute approximate surface area is 159 Å². The van der Waals surface area contributed by atoms with Gasteiger partial charge < -0.3 is 10.0 Å². The molecular formula is C18H19N5O3S. The molecular weight excluding hydrogens is 366 g/mol. The van der Waals surface area contributed by atoms with Crippen LogP contribution in [0.3, 0.4) is 0 Å². The third-order valence-electron chi connectivity index (χ3n) is 3.62. The SMILES string of the molecule is Cc1cccc(-n2nc(C(=O)Nc3nc(CN(C)C)cs3)c(O)cc2=O)c1. The van der Waals surface area contributed by atoms with Gasteiger partial charge in [0.05, 0.1) is 11.4 Å². The molecule has 1 amide bonds. The average molecular weight is 385 g/mol. The molecule has 0 aliphatic carbocycles. The van der Waals surface area contributed by atoms with Gasteiger partial charge >= 0.3 is 0 Å². The Morgan fingerprint density at radius 3 is 2.81 bits per heavy atom. The van der Waals surface area contributed by atoms with Crippen LogP contribution in [0.25, 0.3) is 5.69 Å². The third-order valence-corrected chi connectivity index (χ3v) is 4.43. The van der Waals surface area contributed by atoms with Crippen LogP contribution in [0.15, 0.2) is 40.5 Å². The Bertz CT molecular complexity index is 1040. The smallest absolute Gasteiger partial charge is 0.281 e. The van der Waals surface area contributed by atoms with E-state index in [0.717, 1.165) is 22.0 Å². The number of anilines is 1. The largest absolute Gasteiger partial charge is 0.505 e. The average Bonchev–Trinajstić information content (AvgIpc) is 3.00. The van der Waals surface area contributed by atoms with E-state index in [1.807, 2.05) is 37.4 Å². The van der Waals surface area contributed by atoms with Gasteiger partial charge in [-0.2, -0.15) is 9.78 Å². The van der Waals surface area contributed by atoms with E-state index in [-0.39, 0.29) is 5.69 Å². The van der Waals surface area contributed by atoms with Crippen LogP contribution in [0, 0.1) is 6.92 Å². The van der Waals surface area contributed by atoms with Gasteiger partial charge in [-0.25, -0.2) is 4.98 Å². The number of hydrogen-bond acceptors (Lipinski definition) is 7. The van der Waals surface area contributed by atoms with Gasteiger partial charge in [-0.1, -0.05) is 12.1 Å². The molecule has 1 aromatic carbocycles. The summed E-state index contributed by atoms with van der Waals surface area (Å²) in [6.07, 6.45) is 0. The lowest BCUT2D eigenvalue weighted by Crippen LogP contribution is -2.25. The zero-order valence-electron chi connectivity index (χ0n) is 15.1. The van der Waals surface area contributed by atoms with Crippen LogP contribution < -0.4 is 10.9 Å². The highest BCUT2D eigenvalue weighted by molar-refractivity contribution is 7.13. The van der Waals surface area contributed by atoms with E-state index in [2.05, 4.69) is 15.4 Å². The molecule has 0 spiro atoms. The lowest BCUT2D eigenvalue weighted by molar-refractivity contribution is 0.101. The van der Waals surface area contributed by atoms with Crippen LogP contribution >= 0.6 is 11.3 Å². The van der Waals surface area contributed by atoms with Crippen molar-refractivity contribution in [1.82, 2.24) is 19.7 Å². The van der Waals surface area contributed by atoms with Crippen molar-refractivity contribution < 1.29 is 9.90 Å². The number of carbonyl (C=O) groups is 1. The Balaban J connectivity index is 1.89. The summed E-state index contributed by atoms with van der Waals surface area (Å²) in [6, 6.07) is 8.11. The van der Waals surface area contributed by atoms with Crippen molar-refractivity contribution in [2.24, 2.45) is 0 Å². The minimum Gasteiger partial charge on any atom is -0.505 e. The molecule has 8 nitrogen and oxygen atoms in total. The molecule has 27 heavy (non-hydrogen) atoms. The van der Waals surface area contributed by atoms with E-state index in [9.17, 15) is 14.7 Å². The van der Waals surface area contributed by atoms with E-state index in [0.29, 0.717) is 17.4 Å². The number of aromatic nitrogens is 3. The molecule has 2 heterocycles. The van der Waals surface area contributed by atoms with Gasteiger partial charge in [0, 0.05) is 18.0 Å². The number of thiazole rings is 1. The number of nitrogens with zero attached hydrogens (tertiary/aromatic N) is 4. The minimum atomic E-state index is -0.639. The Hall–Kier alpha value is -3.04. The second-order valence-electron chi connectivity index (χ2n) is 6.30. The van der Waals surface area contributed by atoms with Crippen LogP contribution in [-0.2, 0) is 6.54 Å². The van der Waals surface area contributed by atoms with Gasteiger partial charge in [0.2, 0.25) is 0 Å². The highest BCUT2D eigenvalue weighted by Crippen LogP contribution is 2.19. The number of benzene rings is 1. The molecule has 3 aromatic rings. The molecule has 0 aliphatic heterocycles. The second-order valence-corrected chi connectivity index (χ2v) is 7.16. The maximum atomic E-state index is 12.5. The number of aryl methyl sites for hydroxylation is 1. The molecule has 2 aromatic heterocycles. The standard InChI is InChI=1S/C18H19N5O3S/c1-11-5-4-6-13(7-11)23-15(25)8-14(24)16(21-23)17(26)20-18-19-12(10-27-18)9-22(2)3/h4-8,10,24H,9H2,1-3H3,(H,19,20,26). The van der Waals surface area contributed by atoms with Crippen LogP contribution in [0.5, 0.6) is 5.75 Å². The third kappa shape index (κ3) is 4.39. The Morgan fingerprint density at radius 2 is 2.11 bits per heavy atom. The van der Waals surface area contributed by atoms with Gasteiger partial charge in [-0.15, -0.1) is 11.3 Å². The van der Waals surface area contributed by atoms with Crippen molar-refractivity contribution in [3.05, 3.63) is 63.0 Å². The lowest BCUT2D eigenvalue weighted by Gasteiger charge is -2.09. The predicted octanol–water partition coefficient (Wildman–Crippen LogP) is 2.02. The zero-order valence-corrected chi connectivity index (χ0v) is 15.9. The molecule has 0 radical (unpaired) electrons. The fourth-order valence-electron chi connectivity index (χ4n) is 2.47. The summed E-state index contributed by atoms with van der Waals surface area (Å²) >= 11 is 1.28. The first-order valence-corrected chi connectivity index (χ1v) is 9.02. The normalized spacial score (nSPS) is 11.0. The minimum absolute atomic E-state index is 0.250. The summed E-state index contributed by atoms with van der Waals surface area (Å²) in [6.45, 7) is 2.53. The molecule has 0 saturated carbocycles. The molecule has 0 saturated heterocycles. The molecule has 9 heteroatoms. The van der Waals surface area contributed by atoms with E-state index in [1.54, 1.807) is 18.2 Å². The molecule has 2 N–H and O–H groups in total. The topological polar surface area (TPSA) is 100 Å². The molecule has 0 atom stereocenters. The maximum absolute atomic E-state index is 12.5. The van der Waals surface area contributed by atoms with Gasteiger partial charge in [0.1, 0.15) is 0 Å². The van der Waals surface area contributed by atoms with Gasteiger partial charge in [0.15, 0.2) is 16.6 Å². The number of carbonyl (C=O) groups excluding carboxylic acids is 1. The Kier molecular flexibility index (Phi) is 5.33. The quantitative estimate of drug-likeness (QED) is 0.697. The highest BCUT2D eigenvalue weighted by Gasteiger charge is 2.18. The van der Waals surface area contributed by atoms with Crippen molar-refractivity contribution in [2.45, 2.75) is 13.5 Å². The van der Waals surface area contributed by atoms with Crippen molar-refractivity contribution in [1.29, 1.82) is 0 Å². The molecule has 0 unspecified atom stereocenters.